The van der Waals surface area contributed by atoms with Gasteiger partial charge in [-0.2, -0.15) is 0 Å². The predicted molar refractivity (Wildman–Crippen MR) is 105 cm³/mol. The number of carbonyl (C=O) groups excluding carboxylic acids is 1. The van der Waals surface area contributed by atoms with E-state index in [9.17, 15) is 4.79 Å². The van der Waals surface area contributed by atoms with Gasteiger partial charge in [-0.25, -0.2) is 14.8 Å². The van der Waals surface area contributed by atoms with Gasteiger partial charge in [0.25, 0.3) is 0 Å². The molecule has 2 aromatic heterocycles. The molecular weight excluding hydrogens is 340 g/mol. The summed E-state index contributed by atoms with van der Waals surface area (Å²) in [6.45, 7) is 2.13. The third kappa shape index (κ3) is 4.61. The Hall–Kier alpha value is -3.41. The molecule has 0 saturated carbocycles. The number of nitrogens with two attached hydrogens (primary N) is 2. The number of pyridine rings is 2. The molecule has 4 N–H and O–H groups in total. The SMILES string of the molecule is CCOC(=O)c1ccc(C(Cc2cccc(N)n2)c2cccc(N)n2)cc1. The van der Waals surface area contributed by atoms with Gasteiger partial charge in [-0.05, 0) is 48.9 Å². The highest BCUT2D eigenvalue weighted by atomic mass is 16.5. The summed E-state index contributed by atoms with van der Waals surface area (Å²) in [5.41, 5.74) is 14.9. The molecule has 0 radical (unpaired) electrons. The molecule has 2 heterocycles. The summed E-state index contributed by atoms with van der Waals surface area (Å²) in [7, 11) is 0. The summed E-state index contributed by atoms with van der Waals surface area (Å²) < 4.78 is 5.05. The van der Waals surface area contributed by atoms with Crippen molar-refractivity contribution in [2.45, 2.75) is 19.3 Å². The van der Waals surface area contributed by atoms with Gasteiger partial charge in [0, 0.05) is 18.0 Å². The summed E-state index contributed by atoms with van der Waals surface area (Å²) in [6.07, 6.45) is 0.611. The smallest absolute Gasteiger partial charge is 0.338 e. The molecule has 3 aromatic rings. The lowest BCUT2D eigenvalue weighted by Gasteiger charge is -2.18. The number of ether oxygens (including phenoxy) is 1. The van der Waals surface area contributed by atoms with Crippen LogP contribution in [0.25, 0.3) is 0 Å². The number of carbonyl (C=O) groups is 1. The summed E-state index contributed by atoms with van der Waals surface area (Å²) in [6, 6.07) is 18.5. The molecule has 0 fully saturated rings. The molecule has 0 aliphatic rings. The minimum Gasteiger partial charge on any atom is -0.462 e. The lowest BCUT2D eigenvalue weighted by Crippen LogP contribution is -2.11. The van der Waals surface area contributed by atoms with Gasteiger partial charge in [-0.3, -0.25) is 0 Å². The first-order valence-corrected chi connectivity index (χ1v) is 8.77. The van der Waals surface area contributed by atoms with Crippen LogP contribution in [0.15, 0.2) is 60.7 Å². The van der Waals surface area contributed by atoms with Gasteiger partial charge in [0.2, 0.25) is 0 Å². The van der Waals surface area contributed by atoms with E-state index in [-0.39, 0.29) is 11.9 Å². The van der Waals surface area contributed by atoms with E-state index in [1.54, 1.807) is 31.2 Å². The molecule has 0 saturated heterocycles. The lowest BCUT2D eigenvalue weighted by molar-refractivity contribution is 0.0526. The van der Waals surface area contributed by atoms with Gasteiger partial charge in [0.1, 0.15) is 11.6 Å². The number of anilines is 2. The molecule has 0 spiro atoms. The Morgan fingerprint density at radius 2 is 1.63 bits per heavy atom. The van der Waals surface area contributed by atoms with Gasteiger partial charge < -0.3 is 16.2 Å². The highest BCUT2D eigenvalue weighted by molar-refractivity contribution is 5.89. The third-order valence-corrected chi connectivity index (χ3v) is 4.21. The molecular formula is C21H22N4O2. The van der Waals surface area contributed by atoms with E-state index in [0.717, 1.165) is 17.0 Å². The maximum atomic E-state index is 11.9. The third-order valence-electron chi connectivity index (χ3n) is 4.21. The second-order valence-corrected chi connectivity index (χ2v) is 6.14. The summed E-state index contributed by atoms with van der Waals surface area (Å²) >= 11 is 0. The number of esters is 1. The van der Waals surface area contributed by atoms with E-state index < -0.39 is 0 Å². The van der Waals surface area contributed by atoms with Crippen molar-refractivity contribution in [3.63, 3.8) is 0 Å². The van der Waals surface area contributed by atoms with Crippen LogP contribution in [0.5, 0.6) is 0 Å². The van der Waals surface area contributed by atoms with Crippen molar-refractivity contribution in [3.05, 3.63) is 83.2 Å². The molecule has 0 bridgehead atoms. The van der Waals surface area contributed by atoms with Gasteiger partial charge in [0.15, 0.2) is 0 Å². The van der Waals surface area contributed by atoms with Crippen molar-refractivity contribution in [1.29, 1.82) is 0 Å². The molecule has 0 aliphatic heterocycles. The number of benzene rings is 1. The quantitative estimate of drug-likeness (QED) is 0.653. The fourth-order valence-corrected chi connectivity index (χ4v) is 2.94. The molecule has 138 valence electrons. The fourth-order valence-electron chi connectivity index (χ4n) is 2.94. The Morgan fingerprint density at radius 1 is 0.963 bits per heavy atom. The van der Waals surface area contributed by atoms with E-state index in [1.807, 2.05) is 36.4 Å². The minimum atomic E-state index is -0.333. The van der Waals surface area contributed by atoms with Crippen LogP contribution < -0.4 is 11.5 Å². The Bertz CT molecular complexity index is 925. The second-order valence-electron chi connectivity index (χ2n) is 6.14. The molecule has 1 atom stereocenters. The van der Waals surface area contributed by atoms with Crippen LogP contribution >= 0.6 is 0 Å². The minimum absolute atomic E-state index is 0.0703. The largest absolute Gasteiger partial charge is 0.462 e. The maximum absolute atomic E-state index is 11.9. The Labute approximate surface area is 158 Å². The number of nitrogen functional groups attached to an aromatic ring is 2. The Balaban J connectivity index is 1.95. The van der Waals surface area contributed by atoms with Crippen LogP contribution in [-0.4, -0.2) is 22.5 Å². The van der Waals surface area contributed by atoms with E-state index in [1.165, 1.54) is 0 Å². The summed E-state index contributed by atoms with van der Waals surface area (Å²) in [5, 5.41) is 0. The molecule has 1 unspecified atom stereocenters. The van der Waals surface area contributed by atoms with Crippen LogP contribution in [0.3, 0.4) is 0 Å². The van der Waals surface area contributed by atoms with Crippen molar-refractivity contribution < 1.29 is 9.53 Å². The highest BCUT2D eigenvalue weighted by Gasteiger charge is 2.18. The topological polar surface area (TPSA) is 104 Å². The first kappa shape index (κ1) is 18.4. The second kappa shape index (κ2) is 8.31. The number of hydrogen-bond acceptors (Lipinski definition) is 6. The molecule has 6 heteroatoms. The summed E-state index contributed by atoms with van der Waals surface area (Å²) in [4.78, 5) is 20.8. The monoisotopic (exact) mass is 362 g/mol. The Morgan fingerprint density at radius 3 is 2.26 bits per heavy atom. The highest BCUT2D eigenvalue weighted by Crippen LogP contribution is 2.28. The predicted octanol–water partition coefficient (Wildman–Crippen LogP) is 3.19. The van der Waals surface area contributed by atoms with E-state index in [4.69, 9.17) is 16.2 Å². The first-order chi connectivity index (χ1) is 13.1. The molecule has 0 amide bonds. The van der Waals surface area contributed by atoms with Crippen molar-refractivity contribution in [2.24, 2.45) is 0 Å². The average Bonchev–Trinajstić information content (AvgIpc) is 2.66. The van der Waals surface area contributed by atoms with Crippen LogP contribution in [0.1, 0.15) is 40.2 Å². The van der Waals surface area contributed by atoms with Crippen molar-refractivity contribution in [1.82, 2.24) is 9.97 Å². The fraction of sp³-hybridized carbons (Fsp3) is 0.190. The first-order valence-electron chi connectivity index (χ1n) is 8.77. The zero-order valence-electron chi connectivity index (χ0n) is 15.1. The van der Waals surface area contributed by atoms with Crippen molar-refractivity contribution in [2.75, 3.05) is 18.1 Å². The van der Waals surface area contributed by atoms with Crippen molar-refractivity contribution in [3.8, 4) is 0 Å². The molecule has 0 aliphatic carbocycles. The average molecular weight is 362 g/mol. The normalized spacial score (nSPS) is 11.7. The molecule has 27 heavy (non-hydrogen) atoms. The van der Waals surface area contributed by atoms with Crippen LogP contribution in [0, 0.1) is 0 Å². The van der Waals surface area contributed by atoms with Crippen LogP contribution in [-0.2, 0) is 11.2 Å². The lowest BCUT2D eigenvalue weighted by atomic mass is 9.90. The van der Waals surface area contributed by atoms with E-state index in [0.29, 0.717) is 30.2 Å². The number of aromatic nitrogens is 2. The van der Waals surface area contributed by atoms with Crippen LogP contribution in [0.2, 0.25) is 0 Å². The maximum Gasteiger partial charge on any atom is 0.338 e. The van der Waals surface area contributed by atoms with Gasteiger partial charge in [0.05, 0.1) is 17.9 Å². The van der Waals surface area contributed by atoms with E-state index >= 15 is 0 Å². The molecule has 1 aromatic carbocycles. The zero-order chi connectivity index (χ0) is 19.2. The van der Waals surface area contributed by atoms with Gasteiger partial charge in [-0.15, -0.1) is 0 Å². The summed E-state index contributed by atoms with van der Waals surface area (Å²) in [5.74, 6) is 0.532. The Kier molecular flexibility index (Phi) is 5.66. The number of rotatable bonds is 6. The number of nitrogens with zero attached hydrogens (tertiary/aromatic N) is 2. The van der Waals surface area contributed by atoms with Gasteiger partial charge in [-0.1, -0.05) is 24.3 Å². The number of hydrogen-bond donors (Lipinski definition) is 2. The van der Waals surface area contributed by atoms with Crippen LogP contribution in [0.4, 0.5) is 11.6 Å². The van der Waals surface area contributed by atoms with E-state index in [2.05, 4.69) is 9.97 Å². The molecule has 3 rings (SSSR count). The van der Waals surface area contributed by atoms with Crippen molar-refractivity contribution >= 4 is 17.6 Å². The van der Waals surface area contributed by atoms with Gasteiger partial charge >= 0.3 is 5.97 Å². The standard InChI is InChI=1S/C21H22N4O2/c1-2-27-21(26)15-11-9-14(10-12-15)17(18-6-4-8-20(23)25-18)13-16-5-3-7-19(22)24-16/h3-12,17H,2,13H2,1H3,(H2,22,24)(H2,23,25). The zero-order valence-corrected chi connectivity index (χ0v) is 15.1. The molecule has 6 nitrogen and oxygen atoms in total.